The lowest BCUT2D eigenvalue weighted by molar-refractivity contribution is -0.302. The Kier molecular flexibility index (Phi) is 33.5. The van der Waals surface area contributed by atoms with Gasteiger partial charge in [0.25, 0.3) is 0 Å². The molecule has 0 bridgehead atoms. The van der Waals surface area contributed by atoms with Gasteiger partial charge in [0.05, 0.1) is 25.4 Å². The van der Waals surface area contributed by atoms with Gasteiger partial charge in [-0.1, -0.05) is 152 Å². The van der Waals surface area contributed by atoms with Crippen LogP contribution in [0.1, 0.15) is 168 Å². The standard InChI is InChI=1S/C46H81NO8/c1-3-5-7-9-11-13-14-15-16-17-18-19-20-21-22-23-24-25-26-28-30-32-34-36-42(50)47-39(40(49)35-33-31-29-27-12-10-8-6-4-2)38-54-46-45(53)44(52)43(51)41(37-48)55-46/h12,14-15,17-18,20-21,27,33,35,39-41,43-46,48-49,51-53H,3-11,13,16,19,22-26,28-32,34,36-38H2,1-2H3,(H,47,50)/b15-14-,18-17-,21-20-,27-12+,35-33+. The molecule has 0 spiro atoms. The van der Waals surface area contributed by atoms with Gasteiger partial charge in [0.2, 0.25) is 5.91 Å². The molecule has 1 saturated heterocycles. The monoisotopic (exact) mass is 776 g/mol. The third-order valence-corrected chi connectivity index (χ3v) is 10.1. The van der Waals surface area contributed by atoms with Gasteiger partial charge in [-0.2, -0.15) is 0 Å². The number of ether oxygens (including phenoxy) is 2. The third kappa shape index (κ3) is 27.2. The highest BCUT2D eigenvalue weighted by Gasteiger charge is 2.44. The molecule has 0 aromatic carbocycles. The molecule has 1 fully saturated rings. The summed E-state index contributed by atoms with van der Waals surface area (Å²) in [7, 11) is 0. The van der Waals surface area contributed by atoms with Crippen LogP contribution >= 0.6 is 0 Å². The zero-order chi connectivity index (χ0) is 40.2. The van der Waals surface area contributed by atoms with Crippen molar-refractivity contribution in [1.29, 1.82) is 0 Å². The van der Waals surface area contributed by atoms with E-state index < -0.39 is 49.5 Å². The van der Waals surface area contributed by atoms with Crippen molar-refractivity contribution in [3.05, 3.63) is 60.8 Å². The van der Waals surface area contributed by atoms with Crippen LogP contribution in [-0.2, 0) is 14.3 Å². The smallest absolute Gasteiger partial charge is 0.220 e. The summed E-state index contributed by atoms with van der Waals surface area (Å²) in [6.07, 6.45) is 39.9. The zero-order valence-electron chi connectivity index (χ0n) is 34.7. The lowest BCUT2D eigenvalue weighted by atomic mass is 9.99. The number of unbranched alkanes of at least 4 members (excludes halogenated alkanes) is 17. The van der Waals surface area contributed by atoms with Crippen LogP contribution in [0.3, 0.4) is 0 Å². The van der Waals surface area contributed by atoms with Gasteiger partial charge in [0.15, 0.2) is 6.29 Å². The van der Waals surface area contributed by atoms with E-state index in [1.165, 1.54) is 83.5 Å². The fourth-order valence-corrected chi connectivity index (χ4v) is 6.47. The Bertz CT molecular complexity index is 1040. The fourth-order valence-electron chi connectivity index (χ4n) is 6.47. The Balaban J connectivity index is 2.30. The molecule has 6 N–H and O–H groups in total. The number of hydrogen-bond acceptors (Lipinski definition) is 8. The van der Waals surface area contributed by atoms with Gasteiger partial charge >= 0.3 is 0 Å². The third-order valence-electron chi connectivity index (χ3n) is 10.1. The predicted molar refractivity (Wildman–Crippen MR) is 226 cm³/mol. The second-order valence-corrected chi connectivity index (χ2v) is 15.1. The Morgan fingerprint density at radius 2 is 1.09 bits per heavy atom. The molecule has 1 rings (SSSR count). The van der Waals surface area contributed by atoms with Gasteiger partial charge in [-0.3, -0.25) is 4.79 Å². The number of carbonyl (C=O) groups excluding carboxylic acids is 1. The Morgan fingerprint density at radius 1 is 0.618 bits per heavy atom. The molecule has 9 heteroatoms. The van der Waals surface area contributed by atoms with Crippen molar-refractivity contribution in [2.45, 2.75) is 211 Å². The van der Waals surface area contributed by atoms with Crippen LogP contribution in [0.25, 0.3) is 0 Å². The van der Waals surface area contributed by atoms with E-state index in [-0.39, 0.29) is 12.5 Å². The molecule has 1 aliphatic heterocycles. The van der Waals surface area contributed by atoms with Gasteiger partial charge in [-0.15, -0.1) is 0 Å². The minimum Gasteiger partial charge on any atom is -0.394 e. The van der Waals surface area contributed by atoms with Gasteiger partial charge in [0, 0.05) is 6.42 Å². The Morgan fingerprint density at radius 3 is 1.69 bits per heavy atom. The maximum atomic E-state index is 12.9. The lowest BCUT2D eigenvalue weighted by Crippen LogP contribution is -2.60. The largest absolute Gasteiger partial charge is 0.394 e. The van der Waals surface area contributed by atoms with Crippen molar-refractivity contribution in [3.63, 3.8) is 0 Å². The average molecular weight is 776 g/mol. The molecular weight excluding hydrogens is 695 g/mol. The maximum Gasteiger partial charge on any atom is 0.220 e. The van der Waals surface area contributed by atoms with Gasteiger partial charge in [0.1, 0.15) is 24.4 Å². The number of rotatable bonds is 35. The van der Waals surface area contributed by atoms with E-state index in [9.17, 15) is 30.3 Å². The fraction of sp³-hybridized carbons (Fsp3) is 0.761. The second kappa shape index (κ2) is 36.2. The molecule has 0 aromatic heterocycles. The van der Waals surface area contributed by atoms with Crippen LogP contribution in [-0.4, -0.2) is 87.5 Å². The van der Waals surface area contributed by atoms with Crippen LogP contribution in [0.2, 0.25) is 0 Å². The van der Waals surface area contributed by atoms with Crippen molar-refractivity contribution >= 4 is 5.91 Å². The highest BCUT2D eigenvalue weighted by Crippen LogP contribution is 2.22. The van der Waals surface area contributed by atoms with Crippen molar-refractivity contribution in [2.75, 3.05) is 13.2 Å². The van der Waals surface area contributed by atoms with Gasteiger partial charge in [-0.05, 0) is 70.6 Å². The summed E-state index contributed by atoms with van der Waals surface area (Å²) in [5.74, 6) is -0.200. The van der Waals surface area contributed by atoms with E-state index in [0.717, 1.165) is 64.2 Å². The number of hydrogen-bond donors (Lipinski definition) is 6. The highest BCUT2D eigenvalue weighted by atomic mass is 16.7. The van der Waals surface area contributed by atoms with Crippen LogP contribution in [0, 0.1) is 0 Å². The van der Waals surface area contributed by atoms with E-state index in [4.69, 9.17) is 9.47 Å². The number of nitrogens with one attached hydrogen (secondary N) is 1. The van der Waals surface area contributed by atoms with Crippen LogP contribution in [0.4, 0.5) is 0 Å². The van der Waals surface area contributed by atoms with E-state index in [2.05, 4.69) is 67.8 Å². The maximum absolute atomic E-state index is 12.9. The van der Waals surface area contributed by atoms with E-state index >= 15 is 0 Å². The first-order valence-electron chi connectivity index (χ1n) is 22.0. The summed E-state index contributed by atoms with van der Waals surface area (Å²) in [4.78, 5) is 12.9. The zero-order valence-corrected chi connectivity index (χ0v) is 34.7. The lowest BCUT2D eigenvalue weighted by Gasteiger charge is -2.40. The molecule has 0 radical (unpaired) electrons. The molecule has 318 valence electrons. The number of carbonyl (C=O) groups is 1. The summed E-state index contributed by atoms with van der Waals surface area (Å²) >= 11 is 0. The first-order valence-corrected chi connectivity index (χ1v) is 22.0. The normalized spacial score (nSPS) is 21.9. The molecule has 0 saturated carbocycles. The first kappa shape index (κ1) is 50.9. The number of aliphatic hydroxyl groups excluding tert-OH is 5. The van der Waals surface area contributed by atoms with Gasteiger partial charge < -0.3 is 40.3 Å². The molecule has 1 amide bonds. The van der Waals surface area contributed by atoms with Gasteiger partial charge in [-0.25, -0.2) is 0 Å². The second-order valence-electron chi connectivity index (χ2n) is 15.1. The molecule has 0 aliphatic carbocycles. The number of allylic oxidation sites excluding steroid dienone is 9. The quantitative estimate of drug-likeness (QED) is 0.0277. The molecule has 7 atom stereocenters. The molecule has 7 unspecified atom stereocenters. The summed E-state index contributed by atoms with van der Waals surface area (Å²) in [6, 6.07) is -0.825. The summed E-state index contributed by atoms with van der Waals surface area (Å²) < 4.78 is 11.1. The van der Waals surface area contributed by atoms with Crippen LogP contribution < -0.4 is 5.32 Å². The molecule has 0 aromatic rings. The summed E-state index contributed by atoms with van der Waals surface area (Å²) in [6.45, 7) is 3.66. The first-order chi connectivity index (χ1) is 26.8. The van der Waals surface area contributed by atoms with Crippen molar-refractivity contribution in [1.82, 2.24) is 5.32 Å². The SMILES string of the molecule is CCCCC/C=C/CC/C=C/C(O)C(COC1OC(CO)C(O)C(O)C1O)NC(=O)CCCCCCCCCC/C=C\C/C=C\C/C=C\CCCCCCC. The average Bonchev–Trinajstić information content (AvgIpc) is 3.18. The topological polar surface area (TPSA) is 149 Å². The van der Waals surface area contributed by atoms with Crippen molar-refractivity contribution in [2.24, 2.45) is 0 Å². The summed E-state index contributed by atoms with van der Waals surface area (Å²) in [5.41, 5.74) is 0. The number of amides is 1. The highest BCUT2D eigenvalue weighted by molar-refractivity contribution is 5.76. The molecule has 55 heavy (non-hydrogen) atoms. The molecule has 9 nitrogen and oxygen atoms in total. The Labute approximate surface area is 335 Å². The molecule has 1 aliphatic rings. The van der Waals surface area contributed by atoms with Crippen molar-refractivity contribution < 1.29 is 39.8 Å². The number of aliphatic hydroxyl groups is 5. The molecular formula is C46H81NO8. The predicted octanol–water partition coefficient (Wildman–Crippen LogP) is 8.83. The molecule has 1 heterocycles. The van der Waals surface area contributed by atoms with Crippen LogP contribution in [0.15, 0.2) is 60.8 Å². The van der Waals surface area contributed by atoms with Crippen molar-refractivity contribution in [3.8, 4) is 0 Å². The Hall–Kier alpha value is -2.11. The van der Waals surface area contributed by atoms with E-state index in [1.807, 2.05) is 6.08 Å². The van der Waals surface area contributed by atoms with E-state index in [1.54, 1.807) is 6.08 Å². The van der Waals surface area contributed by atoms with Crippen LogP contribution in [0.5, 0.6) is 0 Å². The summed E-state index contributed by atoms with van der Waals surface area (Å²) in [5, 5.41) is 53.9. The van der Waals surface area contributed by atoms with E-state index in [0.29, 0.717) is 6.42 Å². The minimum atomic E-state index is -1.57. The minimum absolute atomic E-state index is 0.200.